The highest BCUT2D eigenvalue weighted by atomic mass is 32.1. The van der Waals surface area contributed by atoms with Gasteiger partial charge in [-0.05, 0) is 36.8 Å². The maximum atomic E-state index is 5.74. The maximum absolute atomic E-state index is 5.74. The largest absolute Gasteiger partial charge is 0.345 e. The second-order valence-electron chi connectivity index (χ2n) is 7.85. The SMILES string of the molecule is Cc1ccc(C(=NC(=S)N2CCN(Cc3ccccc3)CC2)Nc2ccccc2)cc1. The number of para-hydroxylation sites is 1. The third-order valence-corrected chi connectivity index (χ3v) is 5.81. The molecule has 0 aliphatic carbocycles. The first-order valence-electron chi connectivity index (χ1n) is 10.7. The van der Waals surface area contributed by atoms with Crippen LogP contribution in [0.5, 0.6) is 0 Å². The third kappa shape index (κ3) is 6.00. The summed E-state index contributed by atoms with van der Waals surface area (Å²) in [7, 11) is 0. The molecule has 1 fully saturated rings. The van der Waals surface area contributed by atoms with E-state index in [9.17, 15) is 0 Å². The van der Waals surface area contributed by atoms with E-state index < -0.39 is 0 Å². The van der Waals surface area contributed by atoms with Gasteiger partial charge in [0.15, 0.2) is 5.11 Å². The molecule has 0 aromatic heterocycles. The second kappa shape index (κ2) is 10.3. The van der Waals surface area contributed by atoms with Crippen LogP contribution in [0.15, 0.2) is 89.9 Å². The number of thiocarbonyl (C=S) groups is 1. The molecule has 0 atom stereocenters. The molecule has 1 aliphatic rings. The fourth-order valence-corrected chi connectivity index (χ4v) is 3.91. The fourth-order valence-electron chi connectivity index (χ4n) is 3.64. The number of nitrogens with one attached hydrogen (secondary N) is 1. The van der Waals surface area contributed by atoms with Gasteiger partial charge in [-0.2, -0.15) is 0 Å². The average Bonchev–Trinajstić information content (AvgIpc) is 2.81. The lowest BCUT2D eigenvalue weighted by molar-refractivity contribution is 0.176. The highest BCUT2D eigenvalue weighted by Gasteiger charge is 2.19. The van der Waals surface area contributed by atoms with Crippen molar-refractivity contribution in [3.8, 4) is 0 Å². The number of rotatable bonds is 4. The zero-order chi connectivity index (χ0) is 21.5. The molecule has 5 heteroatoms. The lowest BCUT2D eigenvalue weighted by atomic mass is 10.1. The van der Waals surface area contributed by atoms with Crippen LogP contribution < -0.4 is 5.32 Å². The molecule has 0 amide bonds. The van der Waals surface area contributed by atoms with E-state index in [0.29, 0.717) is 5.11 Å². The number of amidine groups is 1. The highest BCUT2D eigenvalue weighted by molar-refractivity contribution is 7.80. The Labute approximate surface area is 190 Å². The molecule has 0 saturated carbocycles. The maximum Gasteiger partial charge on any atom is 0.197 e. The van der Waals surface area contributed by atoms with Gasteiger partial charge in [-0.25, -0.2) is 4.99 Å². The summed E-state index contributed by atoms with van der Waals surface area (Å²) in [6.07, 6.45) is 0. The summed E-state index contributed by atoms with van der Waals surface area (Å²) in [5, 5.41) is 4.09. The van der Waals surface area contributed by atoms with Crippen molar-refractivity contribution in [1.29, 1.82) is 0 Å². The summed E-state index contributed by atoms with van der Waals surface area (Å²) in [4.78, 5) is 9.53. The summed E-state index contributed by atoms with van der Waals surface area (Å²) < 4.78 is 0. The number of piperazine rings is 1. The zero-order valence-electron chi connectivity index (χ0n) is 17.9. The number of hydrogen-bond donors (Lipinski definition) is 1. The monoisotopic (exact) mass is 428 g/mol. The smallest absolute Gasteiger partial charge is 0.197 e. The number of hydrogen-bond acceptors (Lipinski definition) is 2. The van der Waals surface area contributed by atoms with Gasteiger partial charge in [0.1, 0.15) is 5.84 Å². The molecule has 4 rings (SSSR count). The van der Waals surface area contributed by atoms with E-state index >= 15 is 0 Å². The summed E-state index contributed by atoms with van der Waals surface area (Å²) >= 11 is 5.74. The molecule has 0 bridgehead atoms. The quantitative estimate of drug-likeness (QED) is 0.362. The van der Waals surface area contributed by atoms with E-state index in [-0.39, 0.29) is 0 Å². The molecule has 3 aromatic carbocycles. The van der Waals surface area contributed by atoms with Gasteiger partial charge in [0.2, 0.25) is 0 Å². The predicted octanol–water partition coefficient (Wildman–Crippen LogP) is 4.96. The average molecular weight is 429 g/mol. The summed E-state index contributed by atoms with van der Waals surface area (Å²) in [5.74, 6) is 0.780. The van der Waals surface area contributed by atoms with E-state index in [0.717, 1.165) is 49.8 Å². The minimum Gasteiger partial charge on any atom is -0.345 e. The number of nitrogens with zero attached hydrogens (tertiary/aromatic N) is 3. The Bertz CT molecular complexity index is 1010. The summed E-state index contributed by atoms with van der Waals surface area (Å²) in [5.41, 5.74) is 4.60. The van der Waals surface area contributed by atoms with Gasteiger partial charge in [-0.1, -0.05) is 78.4 Å². The van der Waals surface area contributed by atoms with Crippen LogP contribution >= 0.6 is 12.2 Å². The van der Waals surface area contributed by atoms with Crippen molar-refractivity contribution in [2.45, 2.75) is 13.5 Å². The van der Waals surface area contributed by atoms with Crippen molar-refractivity contribution in [2.75, 3.05) is 31.5 Å². The van der Waals surface area contributed by atoms with Crippen molar-refractivity contribution in [2.24, 2.45) is 4.99 Å². The Morgan fingerprint density at radius 1 is 0.839 bits per heavy atom. The van der Waals surface area contributed by atoms with Gasteiger partial charge in [0.05, 0.1) is 0 Å². The lowest BCUT2D eigenvalue weighted by Crippen LogP contribution is -2.47. The van der Waals surface area contributed by atoms with Gasteiger partial charge in [0.25, 0.3) is 0 Å². The molecule has 31 heavy (non-hydrogen) atoms. The van der Waals surface area contributed by atoms with Crippen molar-refractivity contribution >= 4 is 28.9 Å². The van der Waals surface area contributed by atoms with Gasteiger partial charge < -0.3 is 10.2 Å². The topological polar surface area (TPSA) is 30.9 Å². The van der Waals surface area contributed by atoms with E-state index in [1.807, 2.05) is 30.3 Å². The molecule has 158 valence electrons. The number of anilines is 1. The number of aliphatic imine (C=N–C) groups is 1. The van der Waals surface area contributed by atoms with Crippen LogP contribution in [0.3, 0.4) is 0 Å². The normalized spacial score (nSPS) is 15.0. The molecule has 1 saturated heterocycles. The molecule has 4 nitrogen and oxygen atoms in total. The van der Waals surface area contributed by atoms with E-state index in [1.165, 1.54) is 11.1 Å². The number of aryl methyl sites for hydroxylation is 1. The Kier molecular flexibility index (Phi) is 7.07. The van der Waals surface area contributed by atoms with E-state index in [1.54, 1.807) is 0 Å². The molecule has 0 unspecified atom stereocenters. The Balaban J connectivity index is 1.44. The zero-order valence-corrected chi connectivity index (χ0v) is 18.7. The van der Waals surface area contributed by atoms with E-state index in [4.69, 9.17) is 17.2 Å². The van der Waals surface area contributed by atoms with E-state index in [2.05, 4.69) is 76.6 Å². The second-order valence-corrected chi connectivity index (χ2v) is 8.21. The number of benzene rings is 3. The van der Waals surface area contributed by atoms with Crippen molar-refractivity contribution in [3.63, 3.8) is 0 Å². The molecule has 0 radical (unpaired) electrons. The molecular weight excluding hydrogens is 400 g/mol. The molecule has 1 N–H and O–H groups in total. The molecule has 1 aliphatic heterocycles. The van der Waals surface area contributed by atoms with Crippen LogP contribution in [-0.2, 0) is 6.54 Å². The van der Waals surface area contributed by atoms with Crippen LogP contribution in [-0.4, -0.2) is 46.9 Å². The van der Waals surface area contributed by atoms with Gasteiger partial charge in [-0.3, -0.25) is 4.90 Å². The first-order chi connectivity index (χ1) is 15.2. The summed E-state index contributed by atoms with van der Waals surface area (Å²) in [6, 6.07) is 29.1. The van der Waals surface area contributed by atoms with Crippen molar-refractivity contribution in [1.82, 2.24) is 9.80 Å². The fraction of sp³-hybridized carbons (Fsp3) is 0.231. The Hall–Kier alpha value is -3.02. The summed E-state index contributed by atoms with van der Waals surface area (Å²) in [6.45, 7) is 6.82. The van der Waals surface area contributed by atoms with Crippen LogP contribution in [0.25, 0.3) is 0 Å². The minimum atomic E-state index is 0.637. The van der Waals surface area contributed by atoms with Crippen molar-refractivity contribution < 1.29 is 0 Å². The van der Waals surface area contributed by atoms with Crippen LogP contribution in [0.1, 0.15) is 16.7 Å². The molecule has 3 aromatic rings. The standard InChI is InChI=1S/C26H28N4S/c1-21-12-14-23(15-13-21)25(27-24-10-6-3-7-11-24)28-26(31)30-18-16-29(17-19-30)20-22-8-4-2-5-9-22/h2-15H,16-20H2,1H3,(H,27,28,31). The Morgan fingerprint density at radius 2 is 1.45 bits per heavy atom. The minimum absolute atomic E-state index is 0.637. The predicted molar refractivity (Wildman–Crippen MR) is 134 cm³/mol. The van der Waals surface area contributed by atoms with Gasteiger partial charge in [0, 0.05) is 44.0 Å². The van der Waals surface area contributed by atoms with Crippen LogP contribution in [0.2, 0.25) is 0 Å². The molecule has 0 spiro atoms. The Morgan fingerprint density at radius 3 is 2.10 bits per heavy atom. The van der Waals surface area contributed by atoms with Gasteiger partial charge >= 0.3 is 0 Å². The first-order valence-corrected chi connectivity index (χ1v) is 11.1. The van der Waals surface area contributed by atoms with Crippen molar-refractivity contribution in [3.05, 3.63) is 102 Å². The lowest BCUT2D eigenvalue weighted by Gasteiger charge is -2.35. The van der Waals surface area contributed by atoms with Crippen LogP contribution in [0, 0.1) is 6.92 Å². The highest BCUT2D eigenvalue weighted by Crippen LogP contribution is 2.13. The third-order valence-electron chi connectivity index (χ3n) is 5.46. The van der Waals surface area contributed by atoms with Gasteiger partial charge in [-0.15, -0.1) is 0 Å². The molecular formula is C26H28N4S. The molecule has 1 heterocycles. The van der Waals surface area contributed by atoms with Crippen LogP contribution in [0.4, 0.5) is 5.69 Å². The first kappa shape index (κ1) is 21.2.